The van der Waals surface area contributed by atoms with Crippen LogP contribution in [-0.4, -0.2) is 55.6 Å². The summed E-state index contributed by atoms with van der Waals surface area (Å²) >= 11 is 0. The van der Waals surface area contributed by atoms with Crippen LogP contribution in [-0.2, 0) is 16.0 Å². The van der Waals surface area contributed by atoms with Crippen molar-refractivity contribution in [3.63, 3.8) is 0 Å². The molecule has 2 aromatic carbocycles. The van der Waals surface area contributed by atoms with Gasteiger partial charge in [0, 0.05) is 17.2 Å². The van der Waals surface area contributed by atoms with Crippen LogP contribution in [0.1, 0.15) is 18.4 Å². The van der Waals surface area contributed by atoms with Crippen molar-refractivity contribution in [1.29, 1.82) is 0 Å². The van der Waals surface area contributed by atoms with E-state index in [0.29, 0.717) is 35.5 Å². The number of aliphatic hydroxyl groups excluding tert-OH is 1. The van der Waals surface area contributed by atoms with Gasteiger partial charge < -0.3 is 25.2 Å². The minimum absolute atomic E-state index is 0.0724. The zero-order chi connectivity index (χ0) is 21.0. The first-order valence-electron chi connectivity index (χ1n) is 10.4. The van der Waals surface area contributed by atoms with Crippen molar-refractivity contribution in [2.24, 2.45) is 0 Å². The van der Waals surface area contributed by atoms with E-state index in [-0.39, 0.29) is 37.6 Å². The lowest BCUT2D eigenvalue weighted by molar-refractivity contribution is -0.137. The van der Waals surface area contributed by atoms with Crippen LogP contribution >= 0.6 is 0 Å². The molecule has 160 valence electrons. The van der Waals surface area contributed by atoms with E-state index >= 15 is 4.39 Å². The number of benzene rings is 2. The van der Waals surface area contributed by atoms with Crippen molar-refractivity contribution in [3.05, 3.63) is 53.8 Å². The summed E-state index contributed by atoms with van der Waals surface area (Å²) in [6.07, 6.45) is 2.16. The van der Waals surface area contributed by atoms with Crippen LogP contribution in [0.15, 0.2) is 42.5 Å². The molecule has 0 aliphatic carbocycles. The molecule has 0 bridgehead atoms. The van der Waals surface area contributed by atoms with Crippen molar-refractivity contribution >= 4 is 5.91 Å². The van der Waals surface area contributed by atoms with Crippen molar-refractivity contribution in [1.82, 2.24) is 10.6 Å². The smallest absolute Gasteiger partial charge is 0.246 e. The lowest BCUT2D eigenvalue weighted by Gasteiger charge is -2.47. The third-order valence-corrected chi connectivity index (χ3v) is 5.87. The average Bonchev–Trinajstić information content (AvgIpc) is 2.75. The molecule has 1 amide bonds. The molecule has 1 spiro atoms. The molecule has 2 aliphatic rings. The number of carbonyl (C=O) groups is 1. The van der Waals surface area contributed by atoms with Gasteiger partial charge in [-0.1, -0.05) is 36.4 Å². The second-order valence-electron chi connectivity index (χ2n) is 7.86. The van der Waals surface area contributed by atoms with E-state index in [2.05, 4.69) is 10.6 Å². The number of hydrogen-bond acceptors (Lipinski definition) is 5. The summed E-state index contributed by atoms with van der Waals surface area (Å²) in [6, 6.07) is 12.5. The maximum atomic E-state index is 15.6. The van der Waals surface area contributed by atoms with Crippen LogP contribution in [0.4, 0.5) is 4.39 Å². The number of nitrogens with one attached hydrogen (secondary N) is 2. The Hall–Kier alpha value is -2.48. The van der Waals surface area contributed by atoms with E-state index in [1.807, 2.05) is 24.3 Å². The molecule has 2 aromatic rings. The molecule has 0 saturated carbocycles. The summed E-state index contributed by atoms with van der Waals surface area (Å²) in [6.45, 7) is 1.35. The SMILES string of the molecule is O=C1COCC2(CCCNC2Cc2cccc(-c3ccccc3OCCO)c2F)N1. The van der Waals surface area contributed by atoms with Gasteiger partial charge in [-0.3, -0.25) is 4.79 Å². The maximum absolute atomic E-state index is 15.6. The largest absolute Gasteiger partial charge is 0.491 e. The molecule has 2 heterocycles. The number of carbonyl (C=O) groups excluding carboxylic acids is 1. The van der Waals surface area contributed by atoms with E-state index in [0.717, 1.165) is 19.4 Å². The van der Waals surface area contributed by atoms with Crippen LogP contribution < -0.4 is 15.4 Å². The van der Waals surface area contributed by atoms with Crippen LogP contribution in [0.3, 0.4) is 0 Å². The summed E-state index contributed by atoms with van der Waals surface area (Å²) < 4.78 is 26.7. The Morgan fingerprint density at radius 1 is 1.20 bits per heavy atom. The summed E-state index contributed by atoms with van der Waals surface area (Å²) in [5.41, 5.74) is 1.15. The average molecular weight is 414 g/mol. The van der Waals surface area contributed by atoms with Crippen molar-refractivity contribution in [3.8, 4) is 16.9 Å². The Bertz CT molecular complexity index is 903. The number of piperidine rings is 1. The fraction of sp³-hybridized carbons (Fsp3) is 0.435. The topological polar surface area (TPSA) is 79.8 Å². The summed E-state index contributed by atoms with van der Waals surface area (Å²) in [7, 11) is 0. The summed E-state index contributed by atoms with van der Waals surface area (Å²) in [5.74, 6) is 0.102. The van der Waals surface area contributed by atoms with E-state index < -0.39 is 5.54 Å². The molecule has 2 saturated heterocycles. The third-order valence-electron chi connectivity index (χ3n) is 5.87. The Morgan fingerprint density at radius 3 is 2.87 bits per heavy atom. The fourth-order valence-corrected chi connectivity index (χ4v) is 4.45. The number of para-hydroxylation sites is 1. The Kier molecular flexibility index (Phi) is 6.32. The van der Waals surface area contributed by atoms with E-state index in [1.54, 1.807) is 18.2 Å². The quantitative estimate of drug-likeness (QED) is 0.674. The van der Waals surface area contributed by atoms with Gasteiger partial charge in [-0.05, 0) is 37.4 Å². The number of morpholine rings is 1. The predicted octanol–water partition coefficient (Wildman–Crippen LogP) is 2.04. The third kappa shape index (κ3) is 4.19. The van der Waals surface area contributed by atoms with Gasteiger partial charge in [0.2, 0.25) is 5.91 Å². The number of aliphatic hydroxyl groups is 1. The highest BCUT2D eigenvalue weighted by Gasteiger charge is 2.44. The normalized spacial score (nSPS) is 23.9. The van der Waals surface area contributed by atoms with Crippen LogP contribution in [0.2, 0.25) is 0 Å². The second-order valence-corrected chi connectivity index (χ2v) is 7.86. The van der Waals surface area contributed by atoms with Gasteiger partial charge in [0.1, 0.15) is 24.8 Å². The molecule has 0 radical (unpaired) electrons. The molecule has 2 aliphatic heterocycles. The molecular weight excluding hydrogens is 387 g/mol. The molecular formula is C23H27FN2O4. The monoisotopic (exact) mass is 414 g/mol. The van der Waals surface area contributed by atoms with Crippen LogP contribution in [0.25, 0.3) is 11.1 Å². The first-order chi connectivity index (χ1) is 14.6. The molecule has 3 N–H and O–H groups in total. The molecule has 4 rings (SSSR count). The Balaban J connectivity index is 1.63. The zero-order valence-corrected chi connectivity index (χ0v) is 16.8. The van der Waals surface area contributed by atoms with Gasteiger partial charge in [0.15, 0.2) is 0 Å². The van der Waals surface area contributed by atoms with Gasteiger partial charge in [-0.2, -0.15) is 0 Å². The number of ether oxygens (including phenoxy) is 2. The predicted molar refractivity (Wildman–Crippen MR) is 111 cm³/mol. The van der Waals surface area contributed by atoms with Gasteiger partial charge >= 0.3 is 0 Å². The fourth-order valence-electron chi connectivity index (χ4n) is 4.45. The highest BCUT2D eigenvalue weighted by atomic mass is 19.1. The lowest BCUT2D eigenvalue weighted by Crippen LogP contribution is -2.69. The van der Waals surface area contributed by atoms with Crippen LogP contribution in [0.5, 0.6) is 5.75 Å². The lowest BCUT2D eigenvalue weighted by atomic mass is 9.79. The minimum atomic E-state index is -0.516. The summed E-state index contributed by atoms with van der Waals surface area (Å²) in [5, 5.41) is 15.6. The second kappa shape index (κ2) is 9.12. The van der Waals surface area contributed by atoms with Crippen LogP contribution in [0, 0.1) is 5.82 Å². The Morgan fingerprint density at radius 2 is 2.03 bits per heavy atom. The van der Waals surface area contributed by atoms with E-state index in [4.69, 9.17) is 14.6 Å². The van der Waals surface area contributed by atoms with E-state index in [9.17, 15) is 4.79 Å². The molecule has 7 heteroatoms. The van der Waals surface area contributed by atoms with E-state index in [1.165, 1.54) is 0 Å². The number of amides is 1. The maximum Gasteiger partial charge on any atom is 0.246 e. The molecule has 2 atom stereocenters. The number of hydrogen-bond donors (Lipinski definition) is 3. The highest BCUT2D eigenvalue weighted by molar-refractivity contribution is 5.79. The molecule has 0 aromatic heterocycles. The molecule has 2 fully saturated rings. The molecule has 6 nitrogen and oxygen atoms in total. The molecule has 30 heavy (non-hydrogen) atoms. The number of rotatable bonds is 6. The van der Waals surface area contributed by atoms with Gasteiger partial charge in [-0.15, -0.1) is 0 Å². The van der Waals surface area contributed by atoms with Crippen molar-refractivity contribution in [2.45, 2.75) is 30.8 Å². The van der Waals surface area contributed by atoms with Gasteiger partial charge in [0.25, 0.3) is 0 Å². The van der Waals surface area contributed by atoms with Crippen molar-refractivity contribution in [2.75, 3.05) is 33.0 Å². The van der Waals surface area contributed by atoms with Gasteiger partial charge in [0.05, 0.1) is 18.8 Å². The molecule has 2 unspecified atom stereocenters. The van der Waals surface area contributed by atoms with Gasteiger partial charge in [-0.25, -0.2) is 4.39 Å². The van der Waals surface area contributed by atoms with Crippen molar-refractivity contribution < 1.29 is 23.8 Å². The highest BCUT2D eigenvalue weighted by Crippen LogP contribution is 2.34. The standard InChI is InChI=1S/C23H27FN2O4/c24-22-16(13-20-23(9-4-10-25-20)15-29-14-21(28)26-23)5-3-7-18(22)17-6-1-2-8-19(17)30-12-11-27/h1-3,5-8,20,25,27H,4,9-15H2,(H,26,28). The first kappa shape index (κ1) is 20.8. The zero-order valence-electron chi connectivity index (χ0n) is 16.8. The first-order valence-corrected chi connectivity index (χ1v) is 10.4. The number of halogens is 1. The Labute approximate surface area is 175 Å². The summed E-state index contributed by atoms with van der Waals surface area (Å²) in [4.78, 5) is 12.0. The minimum Gasteiger partial charge on any atom is -0.491 e.